The zero-order chi connectivity index (χ0) is 12.4. The molecule has 0 unspecified atom stereocenters. The van der Waals surface area contributed by atoms with Gasteiger partial charge in [0.2, 0.25) is 0 Å². The molecule has 0 spiro atoms. The molecular weight excluding hydrogens is 300 g/mol. The van der Waals surface area contributed by atoms with E-state index in [4.69, 9.17) is 11.6 Å². The molecule has 1 N–H and O–H groups in total. The van der Waals surface area contributed by atoms with Crippen molar-refractivity contribution in [1.82, 2.24) is 4.98 Å². The molecule has 2 aromatic rings. The molecule has 90 valence electrons. The lowest BCUT2D eigenvalue weighted by atomic mass is 10.1. The third kappa shape index (κ3) is 2.72. The Morgan fingerprint density at radius 3 is 2.82 bits per heavy atom. The molecule has 0 saturated carbocycles. The Labute approximate surface area is 115 Å². The van der Waals surface area contributed by atoms with Crippen molar-refractivity contribution in [3.63, 3.8) is 0 Å². The maximum Gasteiger partial charge on any atom is 0.0912 e. The first-order valence-electron chi connectivity index (χ1n) is 5.62. The first-order chi connectivity index (χ1) is 8.11. The van der Waals surface area contributed by atoms with E-state index in [0.717, 1.165) is 39.7 Å². The van der Waals surface area contributed by atoms with Crippen LogP contribution in [0.1, 0.15) is 19.0 Å². The minimum atomic E-state index is 0.678. The van der Waals surface area contributed by atoms with E-state index in [2.05, 4.69) is 39.2 Å². The van der Waals surface area contributed by atoms with Gasteiger partial charge in [0, 0.05) is 27.8 Å². The molecule has 0 aliphatic rings. The largest absolute Gasteiger partial charge is 0.384 e. The SMILES string of the molecule is CCCNc1cc(C)nc2c(Cl)cc(Br)cc12. The van der Waals surface area contributed by atoms with E-state index in [9.17, 15) is 0 Å². The third-order valence-corrected chi connectivity index (χ3v) is 3.27. The molecule has 0 aliphatic heterocycles. The monoisotopic (exact) mass is 312 g/mol. The van der Waals surface area contributed by atoms with Crippen molar-refractivity contribution in [3.8, 4) is 0 Å². The number of hydrogen-bond donors (Lipinski definition) is 1. The number of nitrogens with zero attached hydrogens (tertiary/aromatic N) is 1. The van der Waals surface area contributed by atoms with Crippen LogP contribution in [0, 0.1) is 6.92 Å². The number of pyridine rings is 1. The van der Waals surface area contributed by atoms with Crippen molar-refractivity contribution in [1.29, 1.82) is 0 Å². The van der Waals surface area contributed by atoms with Crippen LogP contribution in [0.15, 0.2) is 22.7 Å². The molecule has 2 rings (SSSR count). The zero-order valence-corrected chi connectivity index (χ0v) is 12.2. The van der Waals surface area contributed by atoms with Crippen LogP contribution < -0.4 is 5.32 Å². The molecule has 0 fully saturated rings. The van der Waals surface area contributed by atoms with Gasteiger partial charge in [-0.2, -0.15) is 0 Å². The van der Waals surface area contributed by atoms with Gasteiger partial charge >= 0.3 is 0 Å². The van der Waals surface area contributed by atoms with Crippen LogP contribution in [0.25, 0.3) is 10.9 Å². The van der Waals surface area contributed by atoms with Gasteiger partial charge in [-0.25, -0.2) is 0 Å². The van der Waals surface area contributed by atoms with Crippen molar-refractivity contribution < 1.29 is 0 Å². The summed E-state index contributed by atoms with van der Waals surface area (Å²) < 4.78 is 0.972. The van der Waals surface area contributed by atoms with Crippen molar-refractivity contribution in [2.75, 3.05) is 11.9 Å². The fourth-order valence-corrected chi connectivity index (χ4v) is 2.64. The Hall–Kier alpha value is -0.800. The van der Waals surface area contributed by atoms with Gasteiger partial charge < -0.3 is 5.32 Å². The number of rotatable bonds is 3. The molecule has 0 bridgehead atoms. The van der Waals surface area contributed by atoms with E-state index < -0.39 is 0 Å². The molecule has 0 radical (unpaired) electrons. The molecule has 1 aromatic carbocycles. The normalized spacial score (nSPS) is 10.8. The molecule has 0 aliphatic carbocycles. The highest BCUT2D eigenvalue weighted by molar-refractivity contribution is 9.10. The highest BCUT2D eigenvalue weighted by atomic mass is 79.9. The highest BCUT2D eigenvalue weighted by Crippen LogP contribution is 2.31. The summed E-state index contributed by atoms with van der Waals surface area (Å²) >= 11 is 9.68. The van der Waals surface area contributed by atoms with Crippen molar-refractivity contribution in [2.24, 2.45) is 0 Å². The predicted octanol–water partition coefficient (Wildman–Crippen LogP) is 4.78. The number of nitrogens with one attached hydrogen (secondary N) is 1. The van der Waals surface area contributed by atoms with Crippen LogP contribution in [0.2, 0.25) is 5.02 Å². The zero-order valence-electron chi connectivity index (χ0n) is 9.85. The van der Waals surface area contributed by atoms with E-state index in [1.165, 1.54) is 0 Å². The predicted molar refractivity (Wildman–Crippen MR) is 78.0 cm³/mol. The van der Waals surface area contributed by atoms with Crippen molar-refractivity contribution in [2.45, 2.75) is 20.3 Å². The minimum Gasteiger partial charge on any atom is -0.384 e. The Balaban J connectivity index is 2.64. The summed E-state index contributed by atoms with van der Waals surface area (Å²) in [4.78, 5) is 4.49. The average Bonchev–Trinajstić information content (AvgIpc) is 2.27. The van der Waals surface area contributed by atoms with E-state index in [0.29, 0.717) is 5.02 Å². The lowest BCUT2D eigenvalue weighted by molar-refractivity contribution is 0.980. The summed E-state index contributed by atoms with van der Waals surface area (Å²) in [6, 6.07) is 5.98. The molecule has 1 aromatic heterocycles. The van der Waals surface area contributed by atoms with Gasteiger partial charge in [0.1, 0.15) is 0 Å². The topological polar surface area (TPSA) is 24.9 Å². The lowest BCUT2D eigenvalue weighted by Gasteiger charge is -2.11. The van der Waals surface area contributed by atoms with E-state index in [1.54, 1.807) is 0 Å². The van der Waals surface area contributed by atoms with Crippen LogP contribution in [0.4, 0.5) is 5.69 Å². The summed E-state index contributed by atoms with van der Waals surface area (Å²) in [7, 11) is 0. The van der Waals surface area contributed by atoms with Gasteiger partial charge in [0.25, 0.3) is 0 Å². The molecule has 2 nitrogen and oxygen atoms in total. The number of benzene rings is 1. The van der Waals surface area contributed by atoms with E-state index in [1.807, 2.05) is 19.1 Å². The van der Waals surface area contributed by atoms with Gasteiger partial charge in [-0.05, 0) is 31.5 Å². The number of aryl methyl sites for hydroxylation is 1. The molecular formula is C13H14BrClN2. The lowest BCUT2D eigenvalue weighted by Crippen LogP contribution is -2.01. The first kappa shape index (κ1) is 12.7. The summed E-state index contributed by atoms with van der Waals surface area (Å²) in [5, 5.41) is 5.15. The minimum absolute atomic E-state index is 0.678. The second kappa shape index (κ2) is 5.23. The number of aromatic nitrogens is 1. The second-order valence-electron chi connectivity index (χ2n) is 4.02. The fraction of sp³-hybridized carbons (Fsp3) is 0.308. The molecule has 0 saturated heterocycles. The van der Waals surface area contributed by atoms with Gasteiger partial charge in [-0.15, -0.1) is 0 Å². The Morgan fingerprint density at radius 2 is 2.12 bits per heavy atom. The van der Waals surface area contributed by atoms with Crippen LogP contribution in [-0.2, 0) is 0 Å². The number of anilines is 1. The number of halogens is 2. The Morgan fingerprint density at radius 1 is 1.35 bits per heavy atom. The van der Waals surface area contributed by atoms with Gasteiger partial charge in [0.05, 0.1) is 10.5 Å². The maximum absolute atomic E-state index is 6.22. The van der Waals surface area contributed by atoms with Gasteiger partial charge in [-0.3, -0.25) is 4.98 Å². The third-order valence-electron chi connectivity index (χ3n) is 2.53. The van der Waals surface area contributed by atoms with E-state index in [-0.39, 0.29) is 0 Å². The Kier molecular flexibility index (Phi) is 3.89. The van der Waals surface area contributed by atoms with Crippen molar-refractivity contribution >= 4 is 44.1 Å². The summed E-state index contributed by atoms with van der Waals surface area (Å²) in [6.45, 7) is 5.07. The summed E-state index contributed by atoms with van der Waals surface area (Å²) in [6.07, 6.45) is 1.09. The fourth-order valence-electron chi connectivity index (χ4n) is 1.79. The summed E-state index contributed by atoms with van der Waals surface area (Å²) in [5.41, 5.74) is 2.92. The van der Waals surface area contributed by atoms with Crippen LogP contribution in [-0.4, -0.2) is 11.5 Å². The average molecular weight is 314 g/mol. The second-order valence-corrected chi connectivity index (χ2v) is 5.34. The molecule has 1 heterocycles. The quantitative estimate of drug-likeness (QED) is 0.882. The maximum atomic E-state index is 6.22. The van der Waals surface area contributed by atoms with Crippen LogP contribution >= 0.6 is 27.5 Å². The molecule has 17 heavy (non-hydrogen) atoms. The van der Waals surface area contributed by atoms with Crippen LogP contribution in [0.5, 0.6) is 0 Å². The molecule has 4 heteroatoms. The molecule has 0 atom stereocenters. The van der Waals surface area contributed by atoms with Gasteiger partial charge in [0.15, 0.2) is 0 Å². The number of fused-ring (bicyclic) bond motifs is 1. The number of hydrogen-bond acceptors (Lipinski definition) is 2. The smallest absolute Gasteiger partial charge is 0.0912 e. The van der Waals surface area contributed by atoms with Crippen molar-refractivity contribution in [3.05, 3.63) is 33.4 Å². The summed E-state index contributed by atoms with van der Waals surface area (Å²) in [5.74, 6) is 0. The van der Waals surface area contributed by atoms with E-state index >= 15 is 0 Å². The van der Waals surface area contributed by atoms with Crippen LogP contribution in [0.3, 0.4) is 0 Å². The standard InChI is InChI=1S/C13H14BrClN2/c1-3-4-16-12-5-8(2)17-13-10(12)6-9(14)7-11(13)15/h5-7H,3-4H2,1-2H3,(H,16,17). The van der Waals surface area contributed by atoms with Gasteiger partial charge in [-0.1, -0.05) is 34.5 Å². The highest BCUT2D eigenvalue weighted by Gasteiger charge is 2.08. The molecule has 0 amide bonds. The Bertz CT molecular complexity index is 555. The first-order valence-corrected chi connectivity index (χ1v) is 6.79.